The predicted octanol–water partition coefficient (Wildman–Crippen LogP) is 9.58. The lowest BCUT2D eigenvalue weighted by Gasteiger charge is -2.46. The summed E-state index contributed by atoms with van der Waals surface area (Å²) in [5, 5.41) is 22.3. The minimum atomic E-state index is -2.03. The molecular weight excluding hydrogens is 923 g/mol. The largest absolute Gasteiger partial charge is 0.508 e. The molecule has 3 saturated heterocycles. The fraction of sp³-hybridized carbons (Fsp3) is 0.288. The number of non-ortho nitro benzene ring substituents is 1. The Hall–Kier alpha value is -8.12. The van der Waals surface area contributed by atoms with Crippen LogP contribution in [0.5, 0.6) is 5.75 Å². The van der Waals surface area contributed by atoms with E-state index >= 15 is 14.4 Å². The maximum Gasteiger partial charge on any atom is 0.421 e. The Balaban J connectivity index is 1.19. The Morgan fingerprint density at radius 1 is 0.767 bits per heavy atom. The molecule has 73 heavy (non-hydrogen) atoms. The van der Waals surface area contributed by atoms with Gasteiger partial charge in [0.15, 0.2) is 0 Å². The third-order valence-corrected chi connectivity index (χ3v) is 14.7. The lowest BCUT2D eigenvalue weighted by Crippen LogP contribution is -2.56. The van der Waals surface area contributed by atoms with Crippen molar-refractivity contribution in [3.05, 3.63) is 207 Å². The van der Waals surface area contributed by atoms with Crippen LogP contribution in [0.1, 0.15) is 89.2 Å². The number of phenolic OH excluding ortho intramolecular Hbond substituents is 1. The maximum atomic E-state index is 16.7. The van der Waals surface area contributed by atoms with Crippen LogP contribution in [-0.2, 0) is 42.4 Å². The van der Waals surface area contributed by atoms with Crippen molar-refractivity contribution in [2.75, 3.05) is 31.6 Å². The van der Waals surface area contributed by atoms with E-state index in [9.17, 15) is 20.0 Å². The Kier molecular flexibility index (Phi) is 13.9. The number of cyclic esters (lactones) is 1. The van der Waals surface area contributed by atoms with Crippen LogP contribution in [0.2, 0.25) is 0 Å². The van der Waals surface area contributed by atoms with E-state index in [4.69, 9.17) is 9.47 Å². The Bertz CT molecular complexity index is 3060. The molecule has 0 aromatic heterocycles. The third kappa shape index (κ3) is 9.33. The van der Waals surface area contributed by atoms with Gasteiger partial charge in [-0.05, 0) is 95.7 Å². The molecule has 0 unspecified atom stereocenters. The Morgan fingerprint density at radius 3 is 2.05 bits per heavy atom. The molecule has 3 amide bonds. The first kappa shape index (κ1) is 48.5. The van der Waals surface area contributed by atoms with Gasteiger partial charge in [0.1, 0.15) is 29.9 Å². The minimum absolute atomic E-state index is 0.0372. The summed E-state index contributed by atoms with van der Waals surface area (Å²) < 4.78 is 12.6. The fourth-order valence-corrected chi connectivity index (χ4v) is 11.4. The standard InChI is InChI=1S/C59H55N5O9/c1-60(38-41-17-8-5-9-18-41)34-16-19-40-26-33-49-48(37-40)59(57(68)62(49)58(69)72-39-42-24-29-46(30-25-42)64(70)71)50(55(66)61-35-14-3-2-4-15-36-61)52-56(67)73-53(44-22-12-7-13-23-44)51(43-20-10-6-11-21-43)63(52)54(59)45-27-31-47(65)32-28-45/h5-13,17-18,20-33,37,50-54,65H,2-4,14-15,34-36,38-39H2,1H3/t50-,51-,52-,53+,54+,59-/m1/s1. The number of carbonyl (C=O) groups is 4. The molecule has 4 aliphatic rings. The summed E-state index contributed by atoms with van der Waals surface area (Å²) >= 11 is 0. The van der Waals surface area contributed by atoms with Crippen LogP contribution in [0.15, 0.2) is 158 Å². The lowest BCUT2D eigenvalue weighted by atomic mass is 9.64. The molecule has 3 fully saturated rings. The van der Waals surface area contributed by atoms with Crippen molar-refractivity contribution in [1.82, 2.24) is 14.7 Å². The Labute approximate surface area is 423 Å². The fourth-order valence-electron chi connectivity index (χ4n) is 11.4. The van der Waals surface area contributed by atoms with Crippen molar-refractivity contribution in [1.29, 1.82) is 0 Å². The normalized spacial score (nSPS) is 22.6. The number of imide groups is 1. The number of benzene rings is 6. The number of carbonyl (C=O) groups excluding carboxylic acids is 4. The molecule has 0 radical (unpaired) electrons. The molecule has 4 heterocycles. The van der Waals surface area contributed by atoms with Crippen LogP contribution in [0.3, 0.4) is 0 Å². The number of amides is 3. The summed E-state index contributed by atoms with van der Waals surface area (Å²) in [7, 11) is 1.97. The van der Waals surface area contributed by atoms with Crippen molar-refractivity contribution >= 4 is 35.3 Å². The van der Waals surface area contributed by atoms with Crippen molar-refractivity contribution in [2.45, 2.75) is 74.9 Å². The minimum Gasteiger partial charge on any atom is -0.508 e. The van der Waals surface area contributed by atoms with Gasteiger partial charge < -0.3 is 19.5 Å². The van der Waals surface area contributed by atoms with Crippen LogP contribution in [-0.4, -0.2) is 81.3 Å². The van der Waals surface area contributed by atoms with Gasteiger partial charge >= 0.3 is 12.1 Å². The van der Waals surface area contributed by atoms with Gasteiger partial charge in [-0.25, -0.2) is 9.69 Å². The molecule has 6 aromatic carbocycles. The molecule has 14 heteroatoms. The van der Waals surface area contributed by atoms with Gasteiger partial charge in [0.05, 0.1) is 35.2 Å². The Morgan fingerprint density at radius 2 is 1.40 bits per heavy atom. The quantitative estimate of drug-likeness (QED) is 0.0602. The third-order valence-electron chi connectivity index (χ3n) is 14.7. The number of likely N-dealkylation sites (tertiary alicyclic amines) is 1. The predicted molar refractivity (Wildman–Crippen MR) is 273 cm³/mol. The molecule has 0 aliphatic carbocycles. The number of hydrogen-bond acceptors (Lipinski definition) is 11. The van der Waals surface area contributed by atoms with Crippen LogP contribution >= 0.6 is 0 Å². The van der Waals surface area contributed by atoms with E-state index in [1.165, 1.54) is 36.4 Å². The molecule has 0 bridgehead atoms. The van der Waals surface area contributed by atoms with Crippen LogP contribution in [0.25, 0.3) is 0 Å². The first-order valence-electron chi connectivity index (χ1n) is 24.8. The van der Waals surface area contributed by atoms with E-state index in [0.717, 1.165) is 48.1 Å². The number of rotatable bonds is 10. The number of morpholine rings is 1. The highest BCUT2D eigenvalue weighted by Crippen LogP contribution is 2.66. The number of anilines is 1. The molecule has 1 N–H and O–H groups in total. The topological polar surface area (TPSA) is 163 Å². The summed E-state index contributed by atoms with van der Waals surface area (Å²) in [5.41, 5.74) is 2.34. The zero-order chi connectivity index (χ0) is 50.6. The summed E-state index contributed by atoms with van der Waals surface area (Å²) in [6.45, 7) is 1.51. The summed E-state index contributed by atoms with van der Waals surface area (Å²) in [6.07, 6.45) is 2.32. The number of ether oxygens (including phenoxy) is 2. The maximum absolute atomic E-state index is 16.7. The zero-order valence-corrected chi connectivity index (χ0v) is 40.4. The first-order valence-corrected chi connectivity index (χ1v) is 24.8. The van der Waals surface area contributed by atoms with Crippen molar-refractivity contribution in [2.24, 2.45) is 5.92 Å². The van der Waals surface area contributed by atoms with Gasteiger partial charge in [-0.3, -0.25) is 34.3 Å². The molecule has 6 atom stereocenters. The first-order chi connectivity index (χ1) is 35.5. The van der Waals surface area contributed by atoms with Crippen LogP contribution in [0.4, 0.5) is 16.2 Å². The van der Waals surface area contributed by atoms with Gasteiger partial charge in [0.2, 0.25) is 11.8 Å². The van der Waals surface area contributed by atoms with Gasteiger partial charge in [-0.1, -0.05) is 134 Å². The second-order valence-electron chi connectivity index (χ2n) is 19.3. The number of fused-ring (bicyclic) bond motifs is 3. The van der Waals surface area contributed by atoms with Crippen LogP contribution < -0.4 is 4.90 Å². The number of hydrogen-bond donors (Lipinski definition) is 1. The summed E-state index contributed by atoms with van der Waals surface area (Å²) in [4.78, 5) is 81.1. The van der Waals surface area contributed by atoms with E-state index in [1.807, 2.05) is 90.8 Å². The van der Waals surface area contributed by atoms with E-state index in [0.29, 0.717) is 54.0 Å². The number of aromatic hydroxyl groups is 1. The number of nitro groups is 1. The van der Waals surface area contributed by atoms with Gasteiger partial charge in [0, 0.05) is 37.3 Å². The lowest BCUT2D eigenvalue weighted by molar-refractivity contribution is -0.384. The van der Waals surface area contributed by atoms with Crippen LogP contribution in [0, 0.1) is 27.9 Å². The second kappa shape index (κ2) is 20.9. The summed E-state index contributed by atoms with van der Waals surface area (Å²) in [5.74, 6) is 3.23. The van der Waals surface area contributed by atoms with Gasteiger partial charge in [0.25, 0.3) is 5.69 Å². The molecule has 1 spiro atoms. The molecular formula is C59H55N5O9. The van der Waals surface area contributed by atoms with Crippen molar-refractivity contribution in [3.8, 4) is 17.6 Å². The van der Waals surface area contributed by atoms with E-state index in [-0.39, 0.29) is 23.7 Å². The number of nitro benzene ring substituents is 1. The number of phenols is 1. The molecule has 6 aromatic rings. The molecule has 0 saturated carbocycles. The SMILES string of the molecule is CN(CC#Cc1ccc2c(c1)[C@]1(C(=O)N2C(=O)OCc2ccc([N+](=O)[O-])cc2)[C@H](c2ccc(O)cc2)N2[C@H](c3ccccc3)[C@H](c3ccccc3)OC(=O)[C@H]2[C@@H]1C(=O)N1CCCCCCC1)Cc1ccccc1. The van der Waals surface area contributed by atoms with E-state index in [2.05, 4.69) is 28.9 Å². The zero-order valence-electron chi connectivity index (χ0n) is 40.4. The van der Waals surface area contributed by atoms with Gasteiger partial charge in [-0.2, -0.15) is 0 Å². The van der Waals surface area contributed by atoms with E-state index in [1.54, 1.807) is 35.2 Å². The molecule has 370 valence electrons. The number of esters is 1. The highest BCUT2D eigenvalue weighted by molar-refractivity contribution is 6.23. The highest BCUT2D eigenvalue weighted by atomic mass is 16.6. The molecule has 14 nitrogen and oxygen atoms in total. The second-order valence-corrected chi connectivity index (χ2v) is 19.3. The highest BCUT2D eigenvalue weighted by Gasteiger charge is 2.76. The summed E-state index contributed by atoms with van der Waals surface area (Å²) in [6, 6.07) is 42.9. The monoisotopic (exact) mass is 977 g/mol. The average molecular weight is 978 g/mol. The molecule has 4 aliphatic heterocycles. The van der Waals surface area contributed by atoms with Crippen molar-refractivity contribution < 1.29 is 38.7 Å². The average Bonchev–Trinajstić information content (AvgIpc) is 3.89. The van der Waals surface area contributed by atoms with Gasteiger partial charge in [-0.15, -0.1) is 0 Å². The molecule has 10 rings (SSSR count). The smallest absolute Gasteiger partial charge is 0.421 e. The number of nitrogens with zero attached hydrogens (tertiary/aromatic N) is 5. The van der Waals surface area contributed by atoms with E-state index < -0.39 is 64.4 Å². The van der Waals surface area contributed by atoms with Crippen molar-refractivity contribution in [3.63, 3.8) is 0 Å².